The summed E-state index contributed by atoms with van der Waals surface area (Å²) in [5, 5.41) is 1.26. The quantitative estimate of drug-likeness (QED) is 0.202. The predicted molar refractivity (Wildman–Crippen MR) is 185 cm³/mol. The molecule has 3 heteroatoms. The number of benzene rings is 4. The maximum absolute atomic E-state index is 4.96. The van der Waals surface area contributed by atoms with Crippen LogP contribution in [0.4, 0.5) is 0 Å². The molecule has 0 aliphatic heterocycles. The number of pyridine rings is 1. The Morgan fingerprint density at radius 3 is 2.27 bits per heavy atom. The van der Waals surface area contributed by atoms with Crippen LogP contribution in [0.15, 0.2) is 152 Å². The molecular weight excluding hydrogens is 553 g/mol. The van der Waals surface area contributed by atoms with Gasteiger partial charge in [-0.3, -0.25) is 4.98 Å². The Bertz CT molecular complexity index is 2250. The van der Waals surface area contributed by atoms with Gasteiger partial charge in [0, 0.05) is 39.8 Å². The van der Waals surface area contributed by atoms with Crippen LogP contribution in [-0.4, -0.2) is 9.55 Å². The highest BCUT2D eigenvalue weighted by Crippen LogP contribution is 2.50. The summed E-state index contributed by atoms with van der Waals surface area (Å²) in [6.07, 6.45) is 9.99. The first-order valence-corrected chi connectivity index (χ1v) is 16.0. The summed E-state index contributed by atoms with van der Waals surface area (Å²) in [7, 11) is 0. The van der Waals surface area contributed by atoms with Crippen LogP contribution in [0, 0.1) is 0 Å². The highest BCUT2D eigenvalue weighted by Gasteiger charge is 2.30. The van der Waals surface area contributed by atoms with E-state index in [9.17, 15) is 0 Å². The minimum atomic E-state index is 0.399. The van der Waals surface area contributed by atoms with Crippen molar-refractivity contribution in [2.75, 3.05) is 0 Å². The number of hydrogen-bond donors (Lipinski definition) is 0. The molecule has 0 spiro atoms. The van der Waals surface area contributed by atoms with Gasteiger partial charge in [0.1, 0.15) is 0 Å². The Balaban J connectivity index is 1.02. The molecule has 0 amide bonds. The smallest absolute Gasteiger partial charge is 0.0802 e. The van der Waals surface area contributed by atoms with E-state index in [4.69, 9.17) is 4.98 Å². The largest absolute Gasteiger partial charge is 0.317 e. The monoisotopic (exact) mass is 580 g/mol. The Morgan fingerprint density at radius 2 is 1.41 bits per heavy atom. The summed E-state index contributed by atoms with van der Waals surface area (Å²) in [5.74, 6) is 0.399. The van der Waals surface area contributed by atoms with Crippen LogP contribution in [0.5, 0.6) is 0 Å². The van der Waals surface area contributed by atoms with Crippen molar-refractivity contribution >= 4 is 33.4 Å². The van der Waals surface area contributed by atoms with Crippen molar-refractivity contribution < 1.29 is 0 Å². The fourth-order valence-electron chi connectivity index (χ4n) is 7.00. The highest BCUT2D eigenvalue weighted by atomic mass is 32.1. The van der Waals surface area contributed by atoms with E-state index >= 15 is 0 Å². The molecule has 7 aromatic rings. The molecule has 1 atom stereocenters. The molecule has 3 aromatic heterocycles. The second kappa shape index (κ2) is 10.2. The van der Waals surface area contributed by atoms with Crippen molar-refractivity contribution in [3.8, 4) is 37.8 Å². The topological polar surface area (TPSA) is 17.8 Å². The predicted octanol–water partition coefficient (Wildman–Crippen LogP) is 11.1. The summed E-state index contributed by atoms with van der Waals surface area (Å²) in [4.78, 5) is 7.39. The SMILES string of the molecule is C1=C(c2ccc(-c3ccc(-c4cccc5c4ccn5-c4ccccc4)s3)nc2)C=C2c3ccccc3-c3ccccc3C2C1. The number of para-hydroxylation sites is 1. The second-order valence-corrected chi connectivity index (χ2v) is 12.6. The lowest BCUT2D eigenvalue weighted by atomic mass is 9.71. The Morgan fingerprint density at radius 1 is 0.636 bits per heavy atom. The Hall–Kier alpha value is -5.25. The summed E-state index contributed by atoms with van der Waals surface area (Å²) in [5.41, 5.74) is 14.0. The number of aromatic nitrogens is 2. The molecule has 0 fully saturated rings. The number of rotatable bonds is 4. The van der Waals surface area contributed by atoms with Crippen LogP contribution in [0.2, 0.25) is 0 Å². The fraction of sp³-hybridized carbons (Fsp3) is 0.0488. The minimum absolute atomic E-state index is 0.399. The molecule has 9 rings (SSSR count). The normalized spacial score (nSPS) is 15.2. The van der Waals surface area contributed by atoms with E-state index in [1.165, 1.54) is 70.9 Å². The van der Waals surface area contributed by atoms with Crippen molar-refractivity contribution in [2.24, 2.45) is 0 Å². The van der Waals surface area contributed by atoms with Crippen molar-refractivity contribution in [3.63, 3.8) is 0 Å². The van der Waals surface area contributed by atoms with Crippen LogP contribution < -0.4 is 0 Å². The maximum atomic E-state index is 4.96. The summed E-state index contributed by atoms with van der Waals surface area (Å²) in [6.45, 7) is 0. The maximum Gasteiger partial charge on any atom is 0.0802 e. The van der Waals surface area contributed by atoms with Gasteiger partial charge in [-0.15, -0.1) is 11.3 Å². The molecule has 0 bridgehead atoms. The lowest BCUT2D eigenvalue weighted by Gasteiger charge is -2.32. The van der Waals surface area contributed by atoms with Gasteiger partial charge in [0.25, 0.3) is 0 Å². The van der Waals surface area contributed by atoms with E-state index in [1.807, 2.05) is 6.20 Å². The van der Waals surface area contributed by atoms with Gasteiger partial charge in [-0.05, 0) is 87.8 Å². The van der Waals surface area contributed by atoms with Crippen LogP contribution in [0.25, 0.3) is 59.9 Å². The summed E-state index contributed by atoms with van der Waals surface area (Å²) in [6, 6.07) is 45.9. The van der Waals surface area contributed by atoms with Crippen LogP contribution in [0.3, 0.4) is 0 Å². The molecule has 4 aromatic carbocycles. The molecule has 0 saturated heterocycles. The first kappa shape index (κ1) is 25.3. The molecule has 2 nitrogen and oxygen atoms in total. The van der Waals surface area contributed by atoms with Gasteiger partial charge in [-0.1, -0.05) is 97.1 Å². The van der Waals surface area contributed by atoms with Crippen molar-refractivity contribution in [2.45, 2.75) is 12.3 Å². The molecule has 0 saturated carbocycles. The number of thiophene rings is 1. The number of fused-ring (bicyclic) bond motifs is 7. The van der Waals surface area contributed by atoms with E-state index in [0.717, 1.165) is 12.1 Å². The first-order valence-electron chi connectivity index (χ1n) is 15.1. The molecule has 208 valence electrons. The average Bonchev–Trinajstić information content (AvgIpc) is 3.77. The second-order valence-electron chi connectivity index (χ2n) is 11.5. The number of hydrogen-bond acceptors (Lipinski definition) is 2. The van der Waals surface area contributed by atoms with Gasteiger partial charge >= 0.3 is 0 Å². The summed E-state index contributed by atoms with van der Waals surface area (Å²) < 4.78 is 2.26. The lowest BCUT2D eigenvalue weighted by Crippen LogP contribution is -2.12. The van der Waals surface area contributed by atoms with Gasteiger partial charge in [-0.25, -0.2) is 0 Å². The first-order chi connectivity index (χ1) is 21.8. The van der Waals surface area contributed by atoms with Gasteiger partial charge in [0.05, 0.1) is 16.1 Å². The molecule has 0 radical (unpaired) electrons. The van der Waals surface area contributed by atoms with E-state index in [0.29, 0.717) is 5.92 Å². The molecule has 2 aliphatic carbocycles. The third-order valence-corrected chi connectivity index (χ3v) is 10.3. The van der Waals surface area contributed by atoms with Crippen molar-refractivity contribution in [1.82, 2.24) is 9.55 Å². The molecular formula is C41H28N2S. The fourth-order valence-corrected chi connectivity index (χ4v) is 8.03. The van der Waals surface area contributed by atoms with E-state index in [2.05, 4.69) is 150 Å². The van der Waals surface area contributed by atoms with Crippen LogP contribution in [0.1, 0.15) is 29.0 Å². The Labute approximate surface area is 260 Å². The average molecular weight is 581 g/mol. The zero-order valence-corrected chi connectivity index (χ0v) is 24.8. The van der Waals surface area contributed by atoms with Gasteiger partial charge in [0.2, 0.25) is 0 Å². The van der Waals surface area contributed by atoms with Gasteiger partial charge in [-0.2, -0.15) is 0 Å². The van der Waals surface area contributed by atoms with E-state index in [-0.39, 0.29) is 0 Å². The molecule has 2 aliphatic rings. The molecule has 0 N–H and O–H groups in total. The number of allylic oxidation sites excluding steroid dienone is 4. The lowest BCUT2D eigenvalue weighted by molar-refractivity contribution is 0.870. The zero-order valence-electron chi connectivity index (χ0n) is 24.0. The standard InChI is InChI=1S/C41H28N2S/c1-2-9-29(10-3-1)43-24-23-35-36(15-8-16-39(35)43)40-21-22-41(44-40)38-20-18-28(26-42-38)27-17-19-34-32-13-5-4-11-30(32)31-12-6-7-14-33(31)37(34)25-27/h1-18,20-26,34H,19H2. The third-order valence-electron chi connectivity index (χ3n) is 9.11. The van der Waals surface area contributed by atoms with E-state index in [1.54, 1.807) is 11.3 Å². The van der Waals surface area contributed by atoms with Crippen LogP contribution in [-0.2, 0) is 0 Å². The zero-order chi connectivity index (χ0) is 29.0. The van der Waals surface area contributed by atoms with Crippen LogP contribution >= 0.6 is 11.3 Å². The Kier molecular flexibility index (Phi) is 5.85. The minimum Gasteiger partial charge on any atom is -0.317 e. The molecule has 3 heterocycles. The van der Waals surface area contributed by atoms with Crippen molar-refractivity contribution in [3.05, 3.63) is 169 Å². The third kappa shape index (κ3) is 4.05. The van der Waals surface area contributed by atoms with E-state index < -0.39 is 0 Å². The van der Waals surface area contributed by atoms with Gasteiger partial charge < -0.3 is 4.57 Å². The summed E-state index contributed by atoms with van der Waals surface area (Å²) >= 11 is 1.80. The highest BCUT2D eigenvalue weighted by molar-refractivity contribution is 7.18. The molecule has 44 heavy (non-hydrogen) atoms. The molecule has 1 unspecified atom stereocenters. The number of nitrogens with zero attached hydrogens (tertiary/aromatic N) is 2. The van der Waals surface area contributed by atoms with Crippen molar-refractivity contribution in [1.29, 1.82) is 0 Å². The van der Waals surface area contributed by atoms with Gasteiger partial charge in [0.15, 0.2) is 0 Å².